The van der Waals surface area contributed by atoms with E-state index >= 15 is 0 Å². The third kappa shape index (κ3) is 4.66. The fourth-order valence-electron chi connectivity index (χ4n) is 8.50. The highest BCUT2D eigenvalue weighted by Crippen LogP contribution is 2.39. The number of aromatic nitrogens is 6. The van der Waals surface area contributed by atoms with E-state index in [1.54, 1.807) is 0 Å². The van der Waals surface area contributed by atoms with Crippen molar-refractivity contribution < 1.29 is 4.74 Å². The summed E-state index contributed by atoms with van der Waals surface area (Å²) in [6.07, 6.45) is 0. The number of benzene rings is 7. The molecular weight excluding hydrogens is 677 g/mol. The minimum Gasteiger partial charge on any atom is -0.457 e. The Bertz CT molecular complexity index is 3330. The normalized spacial score (nSPS) is 11.9. The van der Waals surface area contributed by atoms with Crippen molar-refractivity contribution in [1.82, 2.24) is 28.7 Å². The number of para-hydroxylation sites is 5. The van der Waals surface area contributed by atoms with Crippen molar-refractivity contribution in [3.05, 3.63) is 168 Å². The third-order valence-corrected chi connectivity index (χ3v) is 11.0. The van der Waals surface area contributed by atoms with Crippen molar-refractivity contribution in [3.63, 3.8) is 0 Å². The second-order valence-corrected chi connectivity index (χ2v) is 14.3. The number of hydrogen-bond acceptors (Lipinski definition) is 4. The molecule has 0 spiro atoms. The molecule has 0 bridgehead atoms. The number of ether oxygens (including phenoxy) is 1. The van der Waals surface area contributed by atoms with Crippen molar-refractivity contribution in [2.75, 3.05) is 0 Å². The zero-order chi connectivity index (χ0) is 36.8. The van der Waals surface area contributed by atoms with Gasteiger partial charge in [-0.25, -0.2) is 4.98 Å². The van der Waals surface area contributed by atoms with Crippen LogP contribution < -0.4 is 4.74 Å². The van der Waals surface area contributed by atoms with E-state index in [4.69, 9.17) is 19.9 Å². The van der Waals surface area contributed by atoms with Gasteiger partial charge in [0.05, 0.1) is 33.3 Å². The molecule has 0 N–H and O–H groups in total. The van der Waals surface area contributed by atoms with Gasteiger partial charge in [0.1, 0.15) is 11.5 Å². The Hall–Kier alpha value is -7.25. The van der Waals surface area contributed by atoms with Crippen molar-refractivity contribution in [1.29, 1.82) is 0 Å². The van der Waals surface area contributed by atoms with Gasteiger partial charge in [-0.3, -0.25) is 13.5 Å². The molecular formula is C48H34N6O. The van der Waals surface area contributed by atoms with E-state index < -0.39 is 0 Å². The summed E-state index contributed by atoms with van der Waals surface area (Å²) < 4.78 is 13.5. The molecule has 4 aromatic heterocycles. The predicted molar refractivity (Wildman–Crippen MR) is 223 cm³/mol. The van der Waals surface area contributed by atoms with Gasteiger partial charge in [-0.2, -0.15) is 0 Å². The molecule has 11 rings (SSSR count). The van der Waals surface area contributed by atoms with Crippen LogP contribution in [-0.4, -0.2) is 28.7 Å². The van der Waals surface area contributed by atoms with Crippen LogP contribution in [0.25, 0.3) is 83.2 Å². The van der Waals surface area contributed by atoms with Crippen LogP contribution in [0.3, 0.4) is 0 Å². The Labute approximate surface area is 316 Å². The Kier molecular flexibility index (Phi) is 6.76. The van der Waals surface area contributed by atoms with E-state index in [1.165, 1.54) is 11.1 Å². The van der Waals surface area contributed by atoms with E-state index in [9.17, 15) is 0 Å². The molecule has 0 aliphatic carbocycles. The molecule has 0 aliphatic rings. The summed E-state index contributed by atoms with van der Waals surface area (Å²) in [6.45, 7) is 6.45. The van der Waals surface area contributed by atoms with Gasteiger partial charge in [0.2, 0.25) is 5.95 Å². The van der Waals surface area contributed by atoms with E-state index in [0.29, 0.717) is 0 Å². The molecule has 0 fully saturated rings. The van der Waals surface area contributed by atoms with Crippen molar-refractivity contribution in [3.8, 4) is 34.5 Å². The number of nitrogens with zero attached hydrogens (tertiary/aromatic N) is 6. The second kappa shape index (κ2) is 11.9. The zero-order valence-corrected chi connectivity index (χ0v) is 30.5. The highest BCUT2D eigenvalue weighted by atomic mass is 16.5. The van der Waals surface area contributed by atoms with Gasteiger partial charge in [0.25, 0.3) is 0 Å². The maximum absolute atomic E-state index is 6.77. The van der Waals surface area contributed by atoms with Crippen LogP contribution in [0.1, 0.15) is 16.7 Å². The van der Waals surface area contributed by atoms with Crippen molar-refractivity contribution >= 4 is 60.2 Å². The molecule has 0 radical (unpaired) electrons. The molecule has 0 aliphatic heterocycles. The van der Waals surface area contributed by atoms with Crippen molar-refractivity contribution in [2.24, 2.45) is 0 Å². The quantitative estimate of drug-likeness (QED) is 0.167. The van der Waals surface area contributed by atoms with E-state index in [1.807, 2.05) is 12.1 Å². The molecule has 11 aromatic rings. The standard InChI is InChI=1S/C48H34N6O/c1-29-13-4-5-16-34(29)46-50-51-47-39-27-32(23-25-35(39)36-17-6-10-21-42(36)54(46)47)55-33-24-26-38-37-18-7-9-20-41(37)52(44(38)28-33)48-49-40-19-8-11-22-43(40)53(48)45-30(2)14-12-15-31(45)3/h4-28H,1-3H3. The molecule has 0 unspecified atom stereocenters. The number of fused-ring (bicyclic) bond motifs is 10. The summed E-state index contributed by atoms with van der Waals surface area (Å²) >= 11 is 0. The molecule has 0 atom stereocenters. The maximum Gasteiger partial charge on any atom is 0.220 e. The molecule has 0 saturated carbocycles. The topological polar surface area (TPSA) is 62.2 Å². The van der Waals surface area contributed by atoms with E-state index in [2.05, 4.69) is 174 Å². The summed E-state index contributed by atoms with van der Waals surface area (Å²) in [5.41, 5.74) is 11.7. The van der Waals surface area contributed by atoms with E-state index in [-0.39, 0.29) is 0 Å². The first-order valence-corrected chi connectivity index (χ1v) is 18.5. The Morgan fingerprint density at radius 3 is 1.87 bits per heavy atom. The van der Waals surface area contributed by atoms with Crippen LogP contribution in [-0.2, 0) is 0 Å². The first-order valence-electron chi connectivity index (χ1n) is 18.5. The summed E-state index contributed by atoms with van der Waals surface area (Å²) in [6, 6.07) is 52.8. The van der Waals surface area contributed by atoms with Gasteiger partial charge in [-0.15, -0.1) is 10.2 Å². The minimum absolute atomic E-state index is 0.718. The maximum atomic E-state index is 6.77. The second-order valence-electron chi connectivity index (χ2n) is 14.3. The smallest absolute Gasteiger partial charge is 0.220 e. The number of aryl methyl sites for hydroxylation is 3. The lowest BCUT2D eigenvalue weighted by molar-refractivity contribution is 0.484. The van der Waals surface area contributed by atoms with Gasteiger partial charge in [0.15, 0.2) is 11.5 Å². The third-order valence-electron chi connectivity index (χ3n) is 11.0. The molecule has 0 amide bonds. The summed E-state index contributed by atoms with van der Waals surface area (Å²) in [5.74, 6) is 3.10. The molecule has 55 heavy (non-hydrogen) atoms. The monoisotopic (exact) mass is 710 g/mol. The highest BCUT2D eigenvalue weighted by Gasteiger charge is 2.22. The lowest BCUT2D eigenvalue weighted by Crippen LogP contribution is -2.08. The zero-order valence-electron chi connectivity index (χ0n) is 30.5. The van der Waals surface area contributed by atoms with Crippen LogP contribution in [0.5, 0.6) is 11.5 Å². The summed E-state index contributed by atoms with van der Waals surface area (Å²) in [7, 11) is 0. The summed E-state index contributed by atoms with van der Waals surface area (Å²) in [5, 5.41) is 15.0. The molecule has 262 valence electrons. The predicted octanol–water partition coefficient (Wildman–Crippen LogP) is 11.9. The van der Waals surface area contributed by atoms with Gasteiger partial charge < -0.3 is 4.74 Å². The van der Waals surface area contributed by atoms with Gasteiger partial charge in [-0.1, -0.05) is 91.0 Å². The molecule has 0 saturated heterocycles. The molecule has 4 heterocycles. The first-order chi connectivity index (χ1) is 27.0. The van der Waals surface area contributed by atoms with Crippen molar-refractivity contribution in [2.45, 2.75) is 20.8 Å². The number of pyridine rings is 1. The number of rotatable bonds is 5. The molecule has 7 aromatic carbocycles. The van der Waals surface area contributed by atoms with Crippen LogP contribution in [0.4, 0.5) is 0 Å². The Morgan fingerprint density at radius 2 is 1.07 bits per heavy atom. The molecule has 7 nitrogen and oxygen atoms in total. The number of imidazole rings is 1. The average Bonchev–Trinajstić information content (AvgIpc) is 3.91. The molecule has 7 heteroatoms. The van der Waals surface area contributed by atoms with Crippen LogP contribution in [0.15, 0.2) is 152 Å². The van der Waals surface area contributed by atoms with Crippen LogP contribution >= 0.6 is 0 Å². The summed E-state index contributed by atoms with van der Waals surface area (Å²) in [4.78, 5) is 5.31. The van der Waals surface area contributed by atoms with E-state index in [0.717, 1.165) is 100 Å². The first kappa shape index (κ1) is 31.3. The van der Waals surface area contributed by atoms with Gasteiger partial charge in [-0.05, 0) is 97.4 Å². The Morgan fingerprint density at radius 1 is 0.455 bits per heavy atom. The largest absolute Gasteiger partial charge is 0.457 e. The van der Waals surface area contributed by atoms with Crippen LogP contribution in [0, 0.1) is 20.8 Å². The Balaban J connectivity index is 1.11. The van der Waals surface area contributed by atoms with Gasteiger partial charge in [0, 0.05) is 33.2 Å². The average molecular weight is 711 g/mol. The van der Waals surface area contributed by atoms with Crippen LogP contribution in [0.2, 0.25) is 0 Å². The minimum atomic E-state index is 0.718. The number of hydrogen-bond donors (Lipinski definition) is 0. The fraction of sp³-hybridized carbons (Fsp3) is 0.0625. The SMILES string of the molecule is Cc1ccccc1-c1nnc2c3cc(Oc4ccc5c6ccccc6n(-c6nc7ccccc7n6-c6c(C)cccc6C)c5c4)ccc3c3ccccc3n12. The van der Waals surface area contributed by atoms with Gasteiger partial charge >= 0.3 is 0 Å². The fourth-order valence-corrected chi connectivity index (χ4v) is 8.50. The lowest BCUT2D eigenvalue weighted by Gasteiger charge is -2.17. The lowest BCUT2D eigenvalue weighted by atomic mass is 10.0. The highest BCUT2D eigenvalue weighted by molar-refractivity contribution is 6.13.